The van der Waals surface area contributed by atoms with Crippen LogP contribution < -0.4 is 0 Å². The molecule has 1 aliphatic heterocycles. The first-order valence-electron chi connectivity index (χ1n) is 7.38. The van der Waals surface area contributed by atoms with Crippen LogP contribution in [0.2, 0.25) is 0 Å². The molecule has 1 saturated heterocycles. The quantitative estimate of drug-likeness (QED) is 0.899. The lowest BCUT2D eigenvalue weighted by atomic mass is 9.59. The molecule has 0 spiro atoms. The molecule has 1 aliphatic carbocycles. The van der Waals surface area contributed by atoms with Gasteiger partial charge in [-0.1, -0.05) is 37.6 Å². The summed E-state index contributed by atoms with van der Waals surface area (Å²) in [5, 5.41) is 9.82. The molecule has 1 N–H and O–H groups in total. The van der Waals surface area contributed by atoms with Gasteiger partial charge in [0.1, 0.15) is 5.75 Å². The topological polar surface area (TPSA) is 23.5 Å². The molecule has 2 nitrogen and oxygen atoms in total. The van der Waals surface area contributed by atoms with Crippen LogP contribution in [0.15, 0.2) is 29.8 Å². The second kappa shape index (κ2) is 5.09. The van der Waals surface area contributed by atoms with Crippen molar-refractivity contribution in [1.82, 2.24) is 4.90 Å². The lowest BCUT2D eigenvalue weighted by Gasteiger charge is -2.54. The summed E-state index contributed by atoms with van der Waals surface area (Å²) in [6.07, 6.45) is 4.24. The van der Waals surface area contributed by atoms with Crippen LogP contribution in [0.25, 0.3) is 0 Å². The predicted molar refractivity (Wildman–Crippen MR) is 83.3 cm³/mol. The van der Waals surface area contributed by atoms with Gasteiger partial charge in [-0.15, -0.1) is 0 Å². The molecule has 0 aromatic heterocycles. The van der Waals surface area contributed by atoms with Crippen LogP contribution in [0.5, 0.6) is 5.75 Å². The van der Waals surface area contributed by atoms with E-state index >= 15 is 0 Å². The molecule has 108 valence electrons. The van der Waals surface area contributed by atoms with Gasteiger partial charge in [-0.2, -0.15) is 0 Å². The van der Waals surface area contributed by atoms with E-state index in [0.29, 0.717) is 17.7 Å². The molecule has 0 unspecified atom stereocenters. The zero-order valence-corrected chi connectivity index (χ0v) is 12.9. The van der Waals surface area contributed by atoms with Crippen LogP contribution in [0.3, 0.4) is 0 Å². The Morgan fingerprint density at radius 1 is 1.50 bits per heavy atom. The minimum Gasteiger partial charge on any atom is -0.508 e. The van der Waals surface area contributed by atoms with Crippen molar-refractivity contribution in [3.63, 3.8) is 0 Å². The van der Waals surface area contributed by atoms with Gasteiger partial charge in [-0.05, 0) is 54.0 Å². The zero-order valence-electron chi connectivity index (χ0n) is 12.1. The van der Waals surface area contributed by atoms with E-state index in [1.807, 2.05) is 18.2 Å². The van der Waals surface area contributed by atoms with Gasteiger partial charge < -0.3 is 5.11 Å². The normalized spacial score (nSPS) is 33.4. The Morgan fingerprint density at radius 3 is 3.05 bits per heavy atom. The van der Waals surface area contributed by atoms with Crippen LogP contribution in [-0.2, 0) is 11.8 Å². The summed E-state index contributed by atoms with van der Waals surface area (Å²) in [6.45, 7) is 6.74. The fourth-order valence-electron chi connectivity index (χ4n) is 4.10. The monoisotopic (exact) mass is 291 g/mol. The first-order chi connectivity index (χ1) is 9.56. The molecule has 0 saturated carbocycles. The number of fused-ring (bicyclic) bond motifs is 4. The molecule has 20 heavy (non-hydrogen) atoms. The van der Waals surface area contributed by atoms with Crippen molar-refractivity contribution >= 4 is 11.6 Å². The average molecular weight is 292 g/mol. The third-order valence-electron chi connectivity index (χ3n) is 5.54. The molecule has 0 radical (unpaired) electrons. The third-order valence-corrected chi connectivity index (χ3v) is 5.71. The molecule has 1 aromatic carbocycles. The first-order valence-corrected chi connectivity index (χ1v) is 7.81. The second-order valence-electron chi connectivity index (χ2n) is 6.43. The Labute approximate surface area is 126 Å². The predicted octanol–water partition coefficient (Wildman–Crippen LogP) is 3.67. The lowest BCUT2D eigenvalue weighted by Crippen LogP contribution is -2.57. The number of hydrogen-bond acceptors (Lipinski definition) is 2. The van der Waals surface area contributed by atoms with Crippen molar-refractivity contribution in [3.8, 4) is 5.75 Å². The number of likely N-dealkylation sites (tertiary alicyclic amines) is 1. The standard InChI is InChI=1S/C17H22ClNO/c1-12-16-10-13-4-5-14(20)11-15(13)17(12,2)6-9-19(16)8-3-7-18/h3-5,7,11-12,16,20H,6,8-10H2,1-2H3/b7-3+/t12-,16-,17-/m1/s1. The zero-order chi connectivity index (χ0) is 14.3. The maximum Gasteiger partial charge on any atom is 0.115 e. The largest absolute Gasteiger partial charge is 0.508 e. The third kappa shape index (κ3) is 2.06. The van der Waals surface area contributed by atoms with Gasteiger partial charge in [-0.25, -0.2) is 0 Å². The molecule has 3 atom stereocenters. The highest BCUT2D eigenvalue weighted by Gasteiger charge is 2.48. The Balaban J connectivity index is 1.99. The molecule has 0 amide bonds. The fourth-order valence-corrected chi connectivity index (χ4v) is 4.18. The Kier molecular flexibility index (Phi) is 3.55. The van der Waals surface area contributed by atoms with Crippen molar-refractivity contribution in [3.05, 3.63) is 40.9 Å². The molecule has 1 heterocycles. The van der Waals surface area contributed by atoms with E-state index in [9.17, 15) is 5.11 Å². The second-order valence-corrected chi connectivity index (χ2v) is 6.68. The molecular weight excluding hydrogens is 270 g/mol. The minimum absolute atomic E-state index is 0.179. The van der Waals surface area contributed by atoms with Crippen LogP contribution in [0.1, 0.15) is 31.4 Å². The Bertz CT molecular complexity index is 542. The van der Waals surface area contributed by atoms with Gasteiger partial charge in [0.15, 0.2) is 0 Å². The van der Waals surface area contributed by atoms with Crippen LogP contribution in [-0.4, -0.2) is 29.1 Å². The Morgan fingerprint density at radius 2 is 2.30 bits per heavy atom. The number of piperidine rings is 1. The van der Waals surface area contributed by atoms with E-state index in [0.717, 1.165) is 25.9 Å². The van der Waals surface area contributed by atoms with Gasteiger partial charge >= 0.3 is 0 Å². The molecule has 3 rings (SSSR count). The van der Waals surface area contributed by atoms with Crippen molar-refractivity contribution in [2.75, 3.05) is 13.1 Å². The highest BCUT2D eigenvalue weighted by Crippen LogP contribution is 2.49. The highest BCUT2D eigenvalue weighted by molar-refractivity contribution is 6.25. The maximum atomic E-state index is 9.82. The van der Waals surface area contributed by atoms with E-state index in [2.05, 4.69) is 24.8 Å². The van der Waals surface area contributed by atoms with E-state index in [-0.39, 0.29) is 5.41 Å². The van der Waals surface area contributed by atoms with Crippen LogP contribution >= 0.6 is 11.6 Å². The summed E-state index contributed by atoms with van der Waals surface area (Å²) in [5.74, 6) is 0.984. The Hall–Kier alpha value is -0.990. The number of rotatable bonds is 2. The van der Waals surface area contributed by atoms with Crippen molar-refractivity contribution in [2.45, 2.75) is 38.1 Å². The summed E-state index contributed by atoms with van der Waals surface area (Å²) in [7, 11) is 0. The van der Waals surface area contributed by atoms with Gasteiger partial charge in [0, 0.05) is 18.1 Å². The number of hydrogen-bond donors (Lipinski definition) is 1. The number of phenolic OH excluding ortho intramolecular Hbond substituents is 1. The molecule has 1 aromatic rings. The summed E-state index contributed by atoms with van der Waals surface area (Å²) >= 11 is 5.68. The maximum absolute atomic E-state index is 9.82. The SMILES string of the molecule is C[C@@H]1[C@H]2Cc3ccc(O)cc3[C@]1(C)CCN2C/C=C/Cl. The van der Waals surface area contributed by atoms with Crippen molar-refractivity contribution in [1.29, 1.82) is 0 Å². The van der Waals surface area contributed by atoms with Gasteiger partial charge in [0.2, 0.25) is 0 Å². The number of benzene rings is 1. The lowest BCUT2D eigenvalue weighted by molar-refractivity contribution is 0.0398. The van der Waals surface area contributed by atoms with Gasteiger partial charge in [-0.3, -0.25) is 4.90 Å². The summed E-state index contributed by atoms with van der Waals surface area (Å²) in [6, 6.07) is 6.47. The highest BCUT2D eigenvalue weighted by atomic mass is 35.5. The minimum atomic E-state index is 0.179. The summed E-state index contributed by atoms with van der Waals surface area (Å²) < 4.78 is 0. The molecule has 2 bridgehead atoms. The van der Waals surface area contributed by atoms with Crippen molar-refractivity contribution in [2.24, 2.45) is 5.92 Å². The first kappa shape index (κ1) is 14.0. The molecular formula is C17H22ClNO. The van der Waals surface area contributed by atoms with Crippen LogP contribution in [0, 0.1) is 5.92 Å². The van der Waals surface area contributed by atoms with E-state index in [1.165, 1.54) is 11.1 Å². The summed E-state index contributed by atoms with van der Waals surface area (Å²) in [4.78, 5) is 2.54. The van der Waals surface area contributed by atoms with Crippen molar-refractivity contribution < 1.29 is 5.11 Å². The molecule has 1 fully saturated rings. The summed E-state index contributed by atoms with van der Waals surface area (Å²) in [5.41, 5.74) is 4.55. The number of aromatic hydroxyl groups is 1. The van der Waals surface area contributed by atoms with Gasteiger partial charge in [0.25, 0.3) is 0 Å². The number of nitrogens with zero attached hydrogens (tertiary/aromatic N) is 1. The smallest absolute Gasteiger partial charge is 0.115 e. The van der Waals surface area contributed by atoms with E-state index < -0.39 is 0 Å². The van der Waals surface area contributed by atoms with E-state index in [1.54, 1.807) is 5.54 Å². The fraction of sp³-hybridized carbons (Fsp3) is 0.529. The van der Waals surface area contributed by atoms with E-state index in [4.69, 9.17) is 11.6 Å². The number of phenols is 1. The average Bonchev–Trinajstić information content (AvgIpc) is 2.43. The molecule has 3 heteroatoms. The van der Waals surface area contributed by atoms with Crippen LogP contribution in [0.4, 0.5) is 0 Å². The number of halogens is 1. The van der Waals surface area contributed by atoms with Gasteiger partial charge in [0.05, 0.1) is 0 Å². The molecule has 2 aliphatic rings.